The van der Waals surface area contributed by atoms with Crippen LogP contribution in [0.4, 0.5) is 0 Å². The Morgan fingerprint density at radius 1 is 1.00 bits per heavy atom. The molecule has 0 unspecified atom stereocenters. The molecule has 1 aliphatic heterocycles. The van der Waals surface area contributed by atoms with Crippen LogP contribution in [0.3, 0.4) is 0 Å². The molecular formula is C21H25ClN2O. The molecule has 4 heteroatoms. The van der Waals surface area contributed by atoms with Gasteiger partial charge in [0.05, 0.1) is 0 Å². The quantitative estimate of drug-likeness (QED) is 0.810. The fraction of sp³-hybridized carbons (Fsp3) is 0.381. The second kappa shape index (κ2) is 8.50. The van der Waals surface area contributed by atoms with Crippen molar-refractivity contribution in [3.63, 3.8) is 0 Å². The summed E-state index contributed by atoms with van der Waals surface area (Å²) in [6.07, 6.45) is 1.42. The van der Waals surface area contributed by atoms with Gasteiger partial charge in [0, 0.05) is 44.2 Å². The second-order valence-electron chi connectivity index (χ2n) is 6.77. The summed E-state index contributed by atoms with van der Waals surface area (Å²) < 4.78 is 0. The molecule has 0 saturated carbocycles. The molecule has 25 heavy (non-hydrogen) atoms. The molecule has 132 valence electrons. The third kappa shape index (κ3) is 5.32. The molecule has 0 N–H and O–H groups in total. The van der Waals surface area contributed by atoms with Gasteiger partial charge in [0.15, 0.2) is 0 Å². The number of benzene rings is 2. The van der Waals surface area contributed by atoms with E-state index in [1.54, 1.807) is 0 Å². The molecule has 3 nitrogen and oxygen atoms in total. The van der Waals surface area contributed by atoms with Crippen LogP contribution in [0.2, 0.25) is 5.02 Å². The molecule has 0 radical (unpaired) electrons. The number of halogens is 1. The predicted octanol–water partition coefficient (Wildman–Crippen LogP) is 3.93. The predicted molar refractivity (Wildman–Crippen MR) is 103 cm³/mol. The molecule has 0 bridgehead atoms. The van der Waals surface area contributed by atoms with Gasteiger partial charge in [-0.1, -0.05) is 53.6 Å². The van der Waals surface area contributed by atoms with E-state index in [1.807, 2.05) is 23.1 Å². The van der Waals surface area contributed by atoms with Gasteiger partial charge in [0.2, 0.25) is 5.91 Å². The molecule has 0 spiro atoms. The van der Waals surface area contributed by atoms with Crippen molar-refractivity contribution < 1.29 is 4.79 Å². The Morgan fingerprint density at radius 3 is 2.40 bits per heavy atom. The van der Waals surface area contributed by atoms with E-state index in [9.17, 15) is 4.79 Å². The van der Waals surface area contributed by atoms with Crippen LogP contribution in [0, 0.1) is 6.92 Å². The number of carbonyl (C=O) groups is 1. The number of carbonyl (C=O) groups excluding carboxylic acids is 1. The first-order valence-corrected chi connectivity index (χ1v) is 9.28. The molecule has 2 aromatic rings. The van der Waals surface area contributed by atoms with Crippen LogP contribution in [-0.2, 0) is 17.8 Å². The van der Waals surface area contributed by atoms with Crippen molar-refractivity contribution in [1.29, 1.82) is 0 Å². The van der Waals surface area contributed by atoms with Gasteiger partial charge in [0.25, 0.3) is 0 Å². The first-order valence-electron chi connectivity index (χ1n) is 8.90. The van der Waals surface area contributed by atoms with Gasteiger partial charge in [0.1, 0.15) is 0 Å². The van der Waals surface area contributed by atoms with Crippen LogP contribution >= 0.6 is 11.6 Å². The summed E-state index contributed by atoms with van der Waals surface area (Å²) in [5, 5.41) is 0.780. The summed E-state index contributed by atoms with van der Waals surface area (Å²) in [7, 11) is 0. The lowest BCUT2D eigenvalue weighted by atomic mass is 10.1. The summed E-state index contributed by atoms with van der Waals surface area (Å²) in [5.41, 5.74) is 3.72. The fourth-order valence-electron chi connectivity index (χ4n) is 3.21. The van der Waals surface area contributed by atoms with Crippen LogP contribution in [0.15, 0.2) is 48.5 Å². The molecule has 2 aromatic carbocycles. The number of rotatable bonds is 5. The highest BCUT2D eigenvalue weighted by Crippen LogP contribution is 2.15. The average Bonchev–Trinajstić information content (AvgIpc) is 2.62. The van der Waals surface area contributed by atoms with E-state index >= 15 is 0 Å². The first kappa shape index (κ1) is 18.0. The lowest BCUT2D eigenvalue weighted by Crippen LogP contribution is -2.48. The highest BCUT2D eigenvalue weighted by atomic mass is 35.5. The maximum Gasteiger partial charge on any atom is 0.222 e. The van der Waals surface area contributed by atoms with Gasteiger partial charge in [-0.2, -0.15) is 0 Å². The summed E-state index contributed by atoms with van der Waals surface area (Å²) in [6, 6.07) is 16.4. The minimum absolute atomic E-state index is 0.267. The van der Waals surface area contributed by atoms with E-state index < -0.39 is 0 Å². The Labute approximate surface area is 155 Å². The van der Waals surface area contributed by atoms with Gasteiger partial charge >= 0.3 is 0 Å². The molecule has 3 rings (SSSR count). The highest BCUT2D eigenvalue weighted by Gasteiger charge is 2.20. The molecule has 1 aliphatic rings. The third-order valence-corrected chi connectivity index (χ3v) is 5.00. The largest absolute Gasteiger partial charge is 0.340 e. The molecule has 0 aliphatic carbocycles. The van der Waals surface area contributed by atoms with E-state index in [4.69, 9.17) is 11.6 Å². The van der Waals surface area contributed by atoms with E-state index in [-0.39, 0.29) is 5.91 Å². The number of amides is 1. The Kier molecular flexibility index (Phi) is 6.11. The van der Waals surface area contributed by atoms with Gasteiger partial charge in [-0.05, 0) is 36.6 Å². The number of hydrogen-bond donors (Lipinski definition) is 0. The van der Waals surface area contributed by atoms with Crippen LogP contribution in [0.1, 0.15) is 23.1 Å². The van der Waals surface area contributed by atoms with Crippen LogP contribution in [0.25, 0.3) is 0 Å². The van der Waals surface area contributed by atoms with Crippen molar-refractivity contribution in [3.05, 3.63) is 70.2 Å². The lowest BCUT2D eigenvalue weighted by Gasteiger charge is -2.35. The zero-order chi connectivity index (χ0) is 17.6. The Balaban J connectivity index is 1.43. The topological polar surface area (TPSA) is 23.6 Å². The number of hydrogen-bond acceptors (Lipinski definition) is 2. The SMILES string of the molecule is Cc1ccc(CCC(=O)N2CCN(Cc3cccc(Cl)c3)CC2)cc1. The minimum Gasteiger partial charge on any atom is -0.340 e. The van der Waals surface area contributed by atoms with Gasteiger partial charge in [-0.15, -0.1) is 0 Å². The van der Waals surface area contributed by atoms with Crippen molar-refractivity contribution >= 4 is 17.5 Å². The number of piperazine rings is 1. The summed E-state index contributed by atoms with van der Waals surface area (Å²) >= 11 is 6.05. The van der Waals surface area contributed by atoms with Crippen molar-refractivity contribution in [3.8, 4) is 0 Å². The summed E-state index contributed by atoms with van der Waals surface area (Å²) in [5.74, 6) is 0.267. The second-order valence-corrected chi connectivity index (χ2v) is 7.21. The molecular weight excluding hydrogens is 332 g/mol. The van der Waals surface area contributed by atoms with E-state index in [2.05, 4.69) is 42.2 Å². The number of nitrogens with zero attached hydrogens (tertiary/aromatic N) is 2. The molecule has 1 amide bonds. The third-order valence-electron chi connectivity index (χ3n) is 4.77. The minimum atomic E-state index is 0.267. The highest BCUT2D eigenvalue weighted by molar-refractivity contribution is 6.30. The van der Waals surface area contributed by atoms with Crippen molar-refractivity contribution in [2.75, 3.05) is 26.2 Å². The number of aryl methyl sites for hydroxylation is 2. The zero-order valence-corrected chi connectivity index (χ0v) is 15.5. The molecule has 0 atom stereocenters. The van der Waals surface area contributed by atoms with Crippen LogP contribution < -0.4 is 0 Å². The molecule has 1 saturated heterocycles. The average molecular weight is 357 g/mol. The Bertz CT molecular complexity index is 706. The molecule has 0 aromatic heterocycles. The monoisotopic (exact) mass is 356 g/mol. The summed E-state index contributed by atoms with van der Waals surface area (Å²) in [6.45, 7) is 6.44. The van der Waals surface area contributed by atoms with E-state index in [0.29, 0.717) is 6.42 Å². The van der Waals surface area contributed by atoms with E-state index in [0.717, 1.165) is 44.2 Å². The maximum absolute atomic E-state index is 12.4. The molecule has 1 fully saturated rings. The smallest absolute Gasteiger partial charge is 0.222 e. The van der Waals surface area contributed by atoms with E-state index in [1.165, 1.54) is 16.7 Å². The van der Waals surface area contributed by atoms with Gasteiger partial charge < -0.3 is 4.90 Å². The standard InChI is InChI=1S/C21H25ClN2O/c1-17-5-7-18(8-6-17)9-10-21(25)24-13-11-23(12-14-24)16-19-3-2-4-20(22)15-19/h2-8,15H,9-14,16H2,1H3. The zero-order valence-electron chi connectivity index (χ0n) is 14.7. The van der Waals surface area contributed by atoms with Crippen molar-refractivity contribution in [1.82, 2.24) is 9.80 Å². The first-order chi connectivity index (χ1) is 12.1. The van der Waals surface area contributed by atoms with Gasteiger partial charge in [-0.3, -0.25) is 9.69 Å². The van der Waals surface area contributed by atoms with Crippen molar-refractivity contribution in [2.45, 2.75) is 26.3 Å². The molecule has 1 heterocycles. The van der Waals surface area contributed by atoms with Crippen molar-refractivity contribution in [2.24, 2.45) is 0 Å². The normalized spacial score (nSPS) is 15.4. The Hall–Kier alpha value is -1.84. The summed E-state index contributed by atoms with van der Waals surface area (Å²) in [4.78, 5) is 16.8. The lowest BCUT2D eigenvalue weighted by molar-refractivity contribution is -0.133. The van der Waals surface area contributed by atoms with Crippen LogP contribution in [0.5, 0.6) is 0 Å². The Morgan fingerprint density at radius 2 is 1.72 bits per heavy atom. The maximum atomic E-state index is 12.4. The fourth-order valence-corrected chi connectivity index (χ4v) is 3.43. The van der Waals surface area contributed by atoms with Gasteiger partial charge in [-0.25, -0.2) is 0 Å². The van der Waals surface area contributed by atoms with Crippen LogP contribution in [-0.4, -0.2) is 41.9 Å².